The first-order valence-corrected chi connectivity index (χ1v) is 10.7. The third-order valence-corrected chi connectivity index (χ3v) is 6.20. The van der Waals surface area contributed by atoms with E-state index in [1.54, 1.807) is 11.1 Å². The van der Waals surface area contributed by atoms with Crippen LogP contribution in [0.3, 0.4) is 0 Å². The van der Waals surface area contributed by atoms with Gasteiger partial charge >= 0.3 is 6.18 Å². The first-order valence-electron chi connectivity index (χ1n) is 10.7. The number of carbonyl (C=O) groups is 1. The number of piperidine rings is 1. The smallest absolute Gasteiger partial charge is 0.417 e. The molecule has 5 rings (SSSR count). The van der Waals surface area contributed by atoms with Crippen LogP contribution in [0.1, 0.15) is 34.6 Å². The molecule has 1 saturated heterocycles. The number of likely N-dealkylation sites (tertiary alicyclic amines) is 1. The van der Waals surface area contributed by atoms with Crippen molar-refractivity contribution >= 4 is 5.91 Å². The summed E-state index contributed by atoms with van der Waals surface area (Å²) in [4.78, 5) is 28.1. The van der Waals surface area contributed by atoms with E-state index in [0.29, 0.717) is 23.5 Å². The van der Waals surface area contributed by atoms with Crippen molar-refractivity contribution in [2.75, 3.05) is 6.54 Å². The van der Waals surface area contributed by atoms with Gasteiger partial charge in [-0.1, -0.05) is 6.07 Å². The lowest BCUT2D eigenvalue weighted by Crippen LogP contribution is -2.47. The summed E-state index contributed by atoms with van der Waals surface area (Å²) in [6.07, 6.45) is -0.843. The molecule has 3 atom stereocenters. The fourth-order valence-electron chi connectivity index (χ4n) is 4.68. The van der Waals surface area contributed by atoms with Crippen LogP contribution < -0.4 is 4.74 Å². The van der Waals surface area contributed by atoms with Crippen molar-refractivity contribution in [1.82, 2.24) is 19.9 Å². The minimum atomic E-state index is -4.45. The molecule has 6 nitrogen and oxygen atoms in total. The highest BCUT2D eigenvalue weighted by molar-refractivity contribution is 5.99. The maximum atomic E-state index is 13.6. The van der Waals surface area contributed by atoms with Crippen LogP contribution >= 0.6 is 0 Å². The second-order valence-electron chi connectivity index (χ2n) is 8.47. The summed E-state index contributed by atoms with van der Waals surface area (Å²) < 4.78 is 44.3. The fraction of sp³-hybridized carbons (Fsp3) is 0.333. The van der Waals surface area contributed by atoms with E-state index >= 15 is 0 Å². The lowest BCUT2D eigenvalue weighted by atomic mass is 10.0. The van der Waals surface area contributed by atoms with Gasteiger partial charge in [0.25, 0.3) is 5.91 Å². The average molecular weight is 454 g/mol. The number of alkyl halides is 3. The van der Waals surface area contributed by atoms with Gasteiger partial charge in [-0.15, -0.1) is 0 Å². The van der Waals surface area contributed by atoms with E-state index in [2.05, 4.69) is 15.0 Å². The number of ether oxygens (including phenoxy) is 1. The van der Waals surface area contributed by atoms with E-state index in [1.165, 1.54) is 6.07 Å². The molecule has 170 valence electrons. The molecule has 2 bridgehead atoms. The van der Waals surface area contributed by atoms with Gasteiger partial charge in [0.15, 0.2) is 0 Å². The topological polar surface area (TPSA) is 68.2 Å². The van der Waals surface area contributed by atoms with Gasteiger partial charge in [-0.25, -0.2) is 9.97 Å². The molecule has 3 aromatic heterocycles. The van der Waals surface area contributed by atoms with Crippen molar-refractivity contribution in [2.24, 2.45) is 5.92 Å². The predicted molar refractivity (Wildman–Crippen MR) is 113 cm³/mol. The quantitative estimate of drug-likeness (QED) is 0.579. The van der Waals surface area contributed by atoms with E-state index < -0.39 is 11.7 Å². The Morgan fingerprint density at radius 1 is 1.09 bits per heavy atom. The second kappa shape index (κ2) is 8.13. The molecular weight excluding hydrogens is 433 g/mol. The minimum Gasteiger partial charge on any atom is -0.472 e. The zero-order valence-corrected chi connectivity index (χ0v) is 17.8. The van der Waals surface area contributed by atoms with Crippen LogP contribution in [0.15, 0.2) is 54.9 Å². The Hall–Kier alpha value is -3.49. The van der Waals surface area contributed by atoms with Crippen molar-refractivity contribution in [3.05, 3.63) is 71.8 Å². The fourth-order valence-corrected chi connectivity index (χ4v) is 4.68. The van der Waals surface area contributed by atoms with Crippen LogP contribution in [0, 0.1) is 12.8 Å². The molecule has 3 unspecified atom stereocenters. The summed E-state index contributed by atoms with van der Waals surface area (Å²) in [7, 11) is 0. The van der Waals surface area contributed by atoms with Gasteiger partial charge in [-0.2, -0.15) is 13.2 Å². The summed E-state index contributed by atoms with van der Waals surface area (Å²) in [5.74, 6) is 0.192. The van der Waals surface area contributed by atoms with Crippen molar-refractivity contribution in [3.8, 4) is 17.1 Å². The number of carbonyl (C=O) groups excluding carboxylic acids is 1. The SMILES string of the molecule is Cc1ccc(-c2ccccn2)c(C(=O)N2CC3CC(Oc4ccc(C(F)(F)F)cn4)C2C3)n1. The number of hydrogen-bond donors (Lipinski definition) is 0. The number of amides is 1. The number of hydrogen-bond acceptors (Lipinski definition) is 5. The highest BCUT2D eigenvalue weighted by Gasteiger charge is 2.49. The third kappa shape index (κ3) is 4.15. The van der Waals surface area contributed by atoms with Crippen molar-refractivity contribution < 1.29 is 22.7 Å². The average Bonchev–Trinajstić information content (AvgIpc) is 3.39. The highest BCUT2D eigenvalue weighted by atomic mass is 19.4. The Morgan fingerprint density at radius 2 is 1.94 bits per heavy atom. The Balaban J connectivity index is 1.37. The minimum absolute atomic E-state index is 0.121. The highest BCUT2D eigenvalue weighted by Crippen LogP contribution is 2.41. The van der Waals surface area contributed by atoms with Gasteiger partial charge in [0.2, 0.25) is 5.88 Å². The van der Waals surface area contributed by atoms with E-state index in [1.807, 2.05) is 37.3 Å². The summed E-state index contributed by atoms with van der Waals surface area (Å²) in [6.45, 7) is 2.43. The van der Waals surface area contributed by atoms with Gasteiger partial charge in [0.1, 0.15) is 11.8 Å². The molecule has 0 aromatic carbocycles. The molecule has 0 radical (unpaired) electrons. The Morgan fingerprint density at radius 3 is 2.61 bits per heavy atom. The van der Waals surface area contributed by atoms with Crippen LogP contribution in [0.5, 0.6) is 5.88 Å². The van der Waals surface area contributed by atoms with Crippen molar-refractivity contribution in [3.63, 3.8) is 0 Å². The molecule has 3 aromatic rings. The molecule has 0 spiro atoms. The molecule has 2 aliphatic rings. The predicted octanol–water partition coefficient (Wildman–Crippen LogP) is 4.55. The molecular formula is C24H21F3N4O2. The summed E-state index contributed by atoms with van der Waals surface area (Å²) in [5.41, 5.74) is 1.57. The number of aromatic nitrogens is 3. The number of pyridine rings is 3. The van der Waals surface area contributed by atoms with Gasteiger partial charge < -0.3 is 9.64 Å². The molecule has 2 fully saturated rings. The number of nitrogens with zero attached hydrogens (tertiary/aromatic N) is 4. The Labute approximate surface area is 188 Å². The normalized spacial score (nSPS) is 21.9. The first kappa shape index (κ1) is 21.4. The van der Waals surface area contributed by atoms with E-state index in [9.17, 15) is 18.0 Å². The molecule has 1 amide bonds. The zero-order valence-electron chi connectivity index (χ0n) is 17.8. The molecule has 4 heterocycles. The lowest BCUT2D eigenvalue weighted by Gasteiger charge is -2.33. The van der Waals surface area contributed by atoms with Crippen molar-refractivity contribution in [2.45, 2.75) is 38.1 Å². The number of rotatable bonds is 4. The van der Waals surface area contributed by atoms with Crippen LogP contribution in [0.4, 0.5) is 13.2 Å². The summed E-state index contributed by atoms with van der Waals surface area (Å²) >= 11 is 0. The van der Waals surface area contributed by atoms with Gasteiger partial charge in [0.05, 0.1) is 17.3 Å². The van der Waals surface area contributed by atoms with E-state index in [4.69, 9.17) is 4.74 Å². The van der Waals surface area contributed by atoms with Gasteiger partial charge in [-0.05, 0) is 56.0 Å². The van der Waals surface area contributed by atoms with Crippen LogP contribution in [0.25, 0.3) is 11.3 Å². The van der Waals surface area contributed by atoms with Crippen LogP contribution in [0.2, 0.25) is 0 Å². The first-order chi connectivity index (χ1) is 15.8. The molecule has 1 aliphatic carbocycles. The maximum absolute atomic E-state index is 13.6. The largest absolute Gasteiger partial charge is 0.472 e. The van der Waals surface area contributed by atoms with E-state index in [0.717, 1.165) is 30.8 Å². The number of halogens is 3. The second-order valence-corrected chi connectivity index (χ2v) is 8.47. The lowest BCUT2D eigenvalue weighted by molar-refractivity contribution is -0.137. The van der Waals surface area contributed by atoms with Crippen LogP contribution in [-0.2, 0) is 6.18 Å². The van der Waals surface area contributed by atoms with Gasteiger partial charge in [0, 0.05) is 36.3 Å². The number of fused-ring (bicyclic) bond motifs is 2. The summed E-state index contributed by atoms with van der Waals surface area (Å²) in [5, 5.41) is 0. The van der Waals surface area contributed by atoms with E-state index in [-0.39, 0.29) is 29.9 Å². The standard InChI is InChI=1S/C24H21F3N4O2/c1-14-5-7-17(18-4-2-3-9-28-18)22(30-14)23(32)31-13-15-10-19(31)20(11-15)33-21-8-6-16(12-29-21)24(25,26)27/h2-9,12,15,19-20H,10-11,13H2,1H3. The Bertz CT molecular complexity index is 1170. The Kier molecular flexibility index (Phi) is 5.26. The zero-order chi connectivity index (χ0) is 23.2. The monoisotopic (exact) mass is 454 g/mol. The third-order valence-electron chi connectivity index (χ3n) is 6.20. The molecule has 33 heavy (non-hydrogen) atoms. The van der Waals surface area contributed by atoms with Crippen LogP contribution in [-0.4, -0.2) is 44.4 Å². The molecule has 9 heteroatoms. The van der Waals surface area contributed by atoms with Gasteiger partial charge in [-0.3, -0.25) is 9.78 Å². The summed E-state index contributed by atoms with van der Waals surface area (Å²) in [6, 6.07) is 11.2. The molecule has 1 aliphatic heterocycles. The maximum Gasteiger partial charge on any atom is 0.417 e. The van der Waals surface area contributed by atoms with Crippen molar-refractivity contribution in [1.29, 1.82) is 0 Å². The molecule has 1 saturated carbocycles. The number of aryl methyl sites for hydroxylation is 1. The molecule has 0 N–H and O–H groups in total.